The summed E-state index contributed by atoms with van der Waals surface area (Å²) in [4.78, 5) is 15.5. The van der Waals surface area contributed by atoms with Gasteiger partial charge in [-0.25, -0.2) is 0 Å². The van der Waals surface area contributed by atoms with Crippen molar-refractivity contribution in [1.29, 1.82) is 0 Å². The summed E-state index contributed by atoms with van der Waals surface area (Å²) >= 11 is 0. The van der Waals surface area contributed by atoms with Crippen molar-refractivity contribution in [3.63, 3.8) is 0 Å². The summed E-state index contributed by atoms with van der Waals surface area (Å²) < 4.78 is 7.43. The van der Waals surface area contributed by atoms with Gasteiger partial charge in [-0.05, 0) is 44.4 Å². The molecule has 0 bridgehead atoms. The SMILES string of the molecule is COc1cccc(CN2CCc3nnc([C@@H](CC(C)C)NC(=O)c4cc(C)cc(C)c4)n3CC2)c1O. The summed E-state index contributed by atoms with van der Waals surface area (Å²) in [5, 5.41) is 22.8. The molecule has 1 aromatic heterocycles. The molecule has 1 aliphatic heterocycles. The summed E-state index contributed by atoms with van der Waals surface area (Å²) in [6, 6.07) is 11.3. The maximum atomic E-state index is 13.2. The van der Waals surface area contributed by atoms with E-state index in [1.807, 2.05) is 38.1 Å². The Morgan fingerprint density at radius 2 is 1.86 bits per heavy atom. The van der Waals surface area contributed by atoms with Crippen LogP contribution in [0.2, 0.25) is 0 Å². The van der Waals surface area contributed by atoms with Crippen LogP contribution in [0.3, 0.4) is 0 Å². The number of nitrogens with zero attached hydrogens (tertiary/aromatic N) is 4. The maximum absolute atomic E-state index is 13.2. The number of carbonyl (C=O) groups is 1. The fourth-order valence-corrected chi connectivity index (χ4v) is 4.95. The quantitative estimate of drug-likeness (QED) is 0.491. The number of amides is 1. The molecule has 2 N–H and O–H groups in total. The molecule has 36 heavy (non-hydrogen) atoms. The molecule has 0 radical (unpaired) electrons. The van der Waals surface area contributed by atoms with E-state index in [1.165, 1.54) is 0 Å². The van der Waals surface area contributed by atoms with Gasteiger partial charge in [-0.1, -0.05) is 43.2 Å². The molecule has 8 heteroatoms. The van der Waals surface area contributed by atoms with Crippen LogP contribution in [0.5, 0.6) is 11.5 Å². The summed E-state index contributed by atoms with van der Waals surface area (Å²) in [6.45, 7) is 11.2. The summed E-state index contributed by atoms with van der Waals surface area (Å²) in [5.41, 5.74) is 3.64. The number of hydrogen-bond donors (Lipinski definition) is 2. The molecule has 2 aromatic carbocycles. The number of para-hydroxylation sites is 1. The fraction of sp³-hybridized carbons (Fsp3) is 0.464. The fourth-order valence-electron chi connectivity index (χ4n) is 4.95. The third-order valence-electron chi connectivity index (χ3n) is 6.65. The first-order chi connectivity index (χ1) is 17.2. The first-order valence-corrected chi connectivity index (χ1v) is 12.6. The highest BCUT2D eigenvalue weighted by Crippen LogP contribution is 2.31. The Kier molecular flexibility index (Phi) is 7.94. The van der Waals surface area contributed by atoms with Gasteiger partial charge in [0.25, 0.3) is 5.91 Å². The zero-order valence-corrected chi connectivity index (χ0v) is 21.9. The second-order valence-electron chi connectivity index (χ2n) is 10.2. The number of carbonyl (C=O) groups excluding carboxylic acids is 1. The van der Waals surface area contributed by atoms with Crippen LogP contribution in [0, 0.1) is 19.8 Å². The smallest absolute Gasteiger partial charge is 0.251 e. The van der Waals surface area contributed by atoms with Crippen LogP contribution in [-0.4, -0.2) is 50.9 Å². The van der Waals surface area contributed by atoms with Crippen molar-refractivity contribution in [2.24, 2.45) is 5.92 Å². The third-order valence-corrected chi connectivity index (χ3v) is 6.65. The number of ether oxygens (including phenoxy) is 1. The van der Waals surface area contributed by atoms with Crippen molar-refractivity contribution in [2.45, 2.75) is 59.7 Å². The van der Waals surface area contributed by atoms with E-state index < -0.39 is 0 Å². The van der Waals surface area contributed by atoms with Crippen molar-refractivity contribution in [3.05, 3.63) is 70.3 Å². The van der Waals surface area contributed by atoms with E-state index in [-0.39, 0.29) is 17.7 Å². The first kappa shape index (κ1) is 25.7. The third kappa shape index (κ3) is 5.87. The van der Waals surface area contributed by atoms with Gasteiger partial charge in [0.05, 0.1) is 13.2 Å². The minimum atomic E-state index is -0.228. The predicted octanol–water partition coefficient (Wildman–Crippen LogP) is 4.18. The van der Waals surface area contributed by atoms with Crippen LogP contribution >= 0.6 is 0 Å². The van der Waals surface area contributed by atoms with Gasteiger partial charge in [0.2, 0.25) is 0 Å². The molecule has 1 atom stereocenters. The lowest BCUT2D eigenvalue weighted by Crippen LogP contribution is -2.32. The van der Waals surface area contributed by atoms with Crippen LogP contribution < -0.4 is 10.1 Å². The van der Waals surface area contributed by atoms with Gasteiger partial charge in [-0.3, -0.25) is 9.69 Å². The van der Waals surface area contributed by atoms with Crippen LogP contribution in [0.15, 0.2) is 36.4 Å². The molecule has 1 amide bonds. The molecule has 8 nitrogen and oxygen atoms in total. The van der Waals surface area contributed by atoms with Crippen molar-refractivity contribution in [3.8, 4) is 11.5 Å². The number of phenols is 1. The zero-order valence-electron chi connectivity index (χ0n) is 21.9. The predicted molar refractivity (Wildman–Crippen MR) is 139 cm³/mol. The van der Waals surface area contributed by atoms with Crippen molar-refractivity contribution in [1.82, 2.24) is 25.0 Å². The molecule has 0 saturated heterocycles. The van der Waals surface area contributed by atoms with Gasteiger partial charge in [0.15, 0.2) is 17.3 Å². The molecule has 4 rings (SSSR count). The van der Waals surface area contributed by atoms with Gasteiger partial charge in [0, 0.05) is 43.7 Å². The highest BCUT2D eigenvalue weighted by atomic mass is 16.5. The van der Waals surface area contributed by atoms with Gasteiger partial charge >= 0.3 is 0 Å². The van der Waals surface area contributed by atoms with E-state index in [0.717, 1.165) is 60.8 Å². The average molecular weight is 492 g/mol. The Hall–Kier alpha value is -3.39. The summed E-state index contributed by atoms with van der Waals surface area (Å²) in [6.07, 6.45) is 1.52. The van der Waals surface area contributed by atoms with Crippen molar-refractivity contribution >= 4 is 5.91 Å². The van der Waals surface area contributed by atoms with E-state index >= 15 is 0 Å². The Bertz CT molecular complexity index is 1200. The second-order valence-corrected chi connectivity index (χ2v) is 10.2. The highest BCUT2D eigenvalue weighted by Gasteiger charge is 2.27. The van der Waals surface area contributed by atoms with Gasteiger partial charge < -0.3 is 19.7 Å². The molecule has 192 valence electrons. The van der Waals surface area contributed by atoms with E-state index in [9.17, 15) is 9.90 Å². The average Bonchev–Trinajstić information content (AvgIpc) is 3.13. The Morgan fingerprint density at radius 3 is 2.56 bits per heavy atom. The van der Waals surface area contributed by atoms with Crippen molar-refractivity contribution in [2.75, 3.05) is 20.2 Å². The highest BCUT2D eigenvalue weighted by molar-refractivity contribution is 5.94. The van der Waals surface area contributed by atoms with E-state index in [0.29, 0.717) is 23.8 Å². The summed E-state index contributed by atoms with van der Waals surface area (Å²) in [7, 11) is 1.56. The number of phenolic OH excluding ortho intramolecular Hbond substituents is 1. The van der Waals surface area contributed by atoms with Crippen LogP contribution in [0.25, 0.3) is 0 Å². The first-order valence-electron chi connectivity index (χ1n) is 12.6. The normalized spacial score (nSPS) is 14.8. The van der Waals surface area contributed by atoms with Crippen LogP contribution in [0.1, 0.15) is 65.0 Å². The van der Waals surface area contributed by atoms with Crippen LogP contribution in [-0.2, 0) is 19.5 Å². The molecule has 3 aromatic rings. The van der Waals surface area contributed by atoms with E-state index in [4.69, 9.17) is 4.74 Å². The molecular formula is C28H37N5O3. The number of aromatic hydroxyl groups is 1. The minimum Gasteiger partial charge on any atom is -0.504 e. The van der Waals surface area contributed by atoms with Crippen molar-refractivity contribution < 1.29 is 14.6 Å². The number of nitrogens with one attached hydrogen (secondary N) is 1. The minimum absolute atomic E-state index is 0.0893. The summed E-state index contributed by atoms with van der Waals surface area (Å²) in [5.74, 6) is 2.70. The number of benzene rings is 2. The van der Waals surface area contributed by atoms with E-state index in [2.05, 4.69) is 44.9 Å². The molecule has 1 aliphatic rings. The number of aromatic nitrogens is 3. The lowest BCUT2D eigenvalue weighted by atomic mass is 10.0. The lowest BCUT2D eigenvalue weighted by Gasteiger charge is -2.23. The molecule has 0 unspecified atom stereocenters. The Morgan fingerprint density at radius 1 is 1.11 bits per heavy atom. The Labute approximate surface area is 213 Å². The number of aryl methyl sites for hydroxylation is 2. The molecule has 0 spiro atoms. The monoisotopic (exact) mass is 491 g/mol. The molecule has 0 aliphatic carbocycles. The van der Waals surface area contributed by atoms with Crippen LogP contribution in [0.4, 0.5) is 0 Å². The van der Waals surface area contributed by atoms with Gasteiger partial charge in [-0.2, -0.15) is 0 Å². The Balaban J connectivity index is 1.52. The van der Waals surface area contributed by atoms with E-state index in [1.54, 1.807) is 13.2 Å². The number of methoxy groups -OCH3 is 1. The maximum Gasteiger partial charge on any atom is 0.251 e. The standard InChI is InChI=1S/C28H37N5O3/c1-18(2)13-23(29-28(35)22-15-19(3)14-20(4)16-22)27-31-30-25-9-10-32(11-12-33(25)27)17-21-7-6-8-24(36-5)26(21)34/h6-8,14-16,18,23,34H,9-13,17H2,1-5H3,(H,29,35)/t23-/m1/s1. The van der Waals surface area contributed by atoms with Gasteiger partial charge in [0.1, 0.15) is 5.82 Å². The lowest BCUT2D eigenvalue weighted by molar-refractivity contribution is 0.0928. The number of hydrogen-bond acceptors (Lipinski definition) is 6. The zero-order chi connectivity index (χ0) is 25.8. The molecule has 2 heterocycles. The van der Waals surface area contributed by atoms with Gasteiger partial charge in [-0.15, -0.1) is 10.2 Å². The largest absolute Gasteiger partial charge is 0.504 e. The molecular weight excluding hydrogens is 454 g/mol. The second kappa shape index (κ2) is 11.1. The topological polar surface area (TPSA) is 92.5 Å². The molecule has 0 saturated carbocycles. The molecule has 0 fully saturated rings. The number of fused-ring (bicyclic) bond motifs is 1. The number of rotatable bonds is 8.